The highest BCUT2D eigenvalue weighted by Crippen LogP contribution is 2.18. The molecule has 21 heavy (non-hydrogen) atoms. The van der Waals surface area contributed by atoms with Crippen LogP contribution >= 0.6 is 0 Å². The van der Waals surface area contributed by atoms with Crippen molar-refractivity contribution in [1.82, 2.24) is 0 Å². The molecule has 1 unspecified atom stereocenters. The lowest BCUT2D eigenvalue weighted by molar-refractivity contribution is -0.148. The molecule has 1 aromatic carbocycles. The number of rotatable bonds is 10. The lowest BCUT2D eigenvalue weighted by Gasteiger charge is -2.14. The minimum Gasteiger partial charge on any atom is -0.491 e. The molecule has 0 saturated carbocycles. The van der Waals surface area contributed by atoms with E-state index in [2.05, 4.69) is 12.2 Å². The summed E-state index contributed by atoms with van der Waals surface area (Å²) in [7, 11) is 0. The Morgan fingerprint density at radius 3 is 2.86 bits per heavy atom. The van der Waals surface area contributed by atoms with Crippen molar-refractivity contribution in [3.8, 4) is 5.75 Å². The zero-order chi connectivity index (χ0) is 15.5. The molecule has 0 aromatic heterocycles. The second-order valence-electron chi connectivity index (χ2n) is 4.65. The SMILES string of the molecule is CCOC(=O)COCCNc1cccc(OC(C)CC)c1. The molecular weight excluding hydrogens is 270 g/mol. The van der Waals surface area contributed by atoms with Crippen LogP contribution in [0.1, 0.15) is 27.2 Å². The van der Waals surface area contributed by atoms with Crippen LogP contribution in [-0.2, 0) is 14.3 Å². The third kappa shape index (κ3) is 7.56. The van der Waals surface area contributed by atoms with Crippen LogP contribution in [0.15, 0.2) is 24.3 Å². The molecular formula is C16H25NO4. The molecule has 5 nitrogen and oxygen atoms in total. The van der Waals surface area contributed by atoms with Crippen LogP contribution in [0.4, 0.5) is 5.69 Å². The maximum Gasteiger partial charge on any atom is 0.332 e. The van der Waals surface area contributed by atoms with Gasteiger partial charge < -0.3 is 19.5 Å². The highest BCUT2D eigenvalue weighted by molar-refractivity contribution is 5.70. The smallest absolute Gasteiger partial charge is 0.332 e. The predicted octanol–water partition coefficient (Wildman–Crippen LogP) is 2.86. The molecule has 1 N–H and O–H groups in total. The maximum atomic E-state index is 11.1. The van der Waals surface area contributed by atoms with Gasteiger partial charge >= 0.3 is 5.97 Å². The van der Waals surface area contributed by atoms with E-state index in [1.54, 1.807) is 6.92 Å². The summed E-state index contributed by atoms with van der Waals surface area (Å²) < 4.78 is 15.7. The first-order valence-electron chi connectivity index (χ1n) is 7.39. The topological polar surface area (TPSA) is 56.8 Å². The number of benzene rings is 1. The van der Waals surface area contributed by atoms with Crippen LogP contribution in [0.3, 0.4) is 0 Å². The Bertz CT molecular complexity index is 422. The Labute approximate surface area is 126 Å². The number of carbonyl (C=O) groups is 1. The van der Waals surface area contributed by atoms with E-state index in [0.717, 1.165) is 17.9 Å². The van der Waals surface area contributed by atoms with Gasteiger partial charge in [0.25, 0.3) is 0 Å². The van der Waals surface area contributed by atoms with Crippen molar-refractivity contribution in [3.05, 3.63) is 24.3 Å². The van der Waals surface area contributed by atoms with E-state index in [4.69, 9.17) is 14.2 Å². The summed E-state index contributed by atoms with van der Waals surface area (Å²) in [4.78, 5) is 11.1. The zero-order valence-corrected chi connectivity index (χ0v) is 13.1. The number of hydrogen-bond acceptors (Lipinski definition) is 5. The van der Waals surface area contributed by atoms with Crippen molar-refractivity contribution >= 4 is 11.7 Å². The molecule has 1 rings (SSSR count). The van der Waals surface area contributed by atoms with Crippen LogP contribution in [-0.4, -0.2) is 38.4 Å². The van der Waals surface area contributed by atoms with Gasteiger partial charge in [0.05, 0.1) is 19.3 Å². The van der Waals surface area contributed by atoms with Crippen molar-refractivity contribution in [2.24, 2.45) is 0 Å². The van der Waals surface area contributed by atoms with Gasteiger partial charge in [-0.1, -0.05) is 13.0 Å². The fourth-order valence-electron chi connectivity index (χ4n) is 1.62. The van der Waals surface area contributed by atoms with Gasteiger partial charge in [0, 0.05) is 18.3 Å². The molecule has 0 aliphatic rings. The molecule has 118 valence electrons. The van der Waals surface area contributed by atoms with E-state index in [9.17, 15) is 4.79 Å². The minimum atomic E-state index is -0.332. The molecule has 0 saturated heterocycles. The highest BCUT2D eigenvalue weighted by atomic mass is 16.6. The van der Waals surface area contributed by atoms with Gasteiger partial charge in [-0.2, -0.15) is 0 Å². The summed E-state index contributed by atoms with van der Waals surface area (Å²) in [5.74, 6) is 0.517. The molecule has 0 spiro atoms. The van der Waals surface area contributed by atoms with E-state index < -0.39 is 0 Å². The monoisotopic (exact) mass is 295 g/mol. The van der Waals surface area contributed by atoms with Gasteiger partial charge in [0.15, 0.2) is 0 Å². The summed E-state index contributed by atoms with van der Waals surface area (Å²) in [6.07, 6.45) is 1.17. The Morgan fingerprint density at radius 2 is 2.14 bits per heavy atom. The molecule has 0 heterocycles. The van der Waals surface area contributed by atoms with Crippen molar-refractivity contribution in [1.29, 1.82) is 0 Å². The summed E-state index contributed by atoms with van der Waals surface area (Å²) in [5.41, 5.74) is 0.968. The van der Waals surface area contributed by atoms with Gasteiger partial charge in [0.1, 0.15) is 12.4 Å². The largest absolute Gasteiger partial charge is 0.491 e. The van der Waals surface area contributed by atoms with Crippen LogP contribution < -0.4 is 10.1 Å². The molecule has 0 fully saturated rings. The first kappa shape index (κ1) is 17.3. The first-order valence-corrected chi connectivity index (χ1v) is 7.39. The summed E-state index contributed by atoms with van der Waals surface area (Å²) in [6, 6.07) is 7.81. The van der Waals surface area contributed by atoms with E-state index >= 15 is 0 Å². The average molecular weight is 295 g/mol. The fourth-order valence-corrected chi connectivity index (χ4v) is 1.62. The lowest BCUT2D eigenvalue weighted by Crippen LogP contribution is -2.16. The normalized spacial score (nSPS) is 11.8. The maximum absolute atomic E-state index is 11.1. The summed E-state index contributed by atoms with van der Waals surface area (Å²) in [6.45, 7) is 7.34. The Morgan fingerprint density at radius 1 is 1.33 bits per heavy atom. The van der Waals surface area contributed by atoms with Crippen molar-refractivity contribution in [3.63, 3.8) is 0 Å². The third-order valence-corrected chi connectivity index (χ3v) is 2.85. The van der Waals surface area contributed by atoms with Gasteiger partial charge in [-0.15, -0.1) is 0 Å². The predicted molar refractivity (Wildman–Crippen MR) is 82.8 cm³/mol. The molecule has 1 aromatic rings. The van der Waals surface area contributed by atoms with Crippen LogP contribution in [0.2, 0.25) is 0 Å². The van der Waals surface area contributed by atoms with E-state index in [0.29, 0.717) is 19.8 Å². The Hall–Kier alpha value is -1.75. The highest BCUT2D eigenvalue weighted by Gasteiger charge is 2.03. The van der Waals surface area contributed by atoms with Crippen molar-refractivity contribution in [2.75, 3.05) is 31.7 Å². The average Bonchev–Trinajstić information content (AvgIpc) is 2.47. The van der Waals surface area contributed by atoms with Crippen LogP contribution in [0.25, 0.3) is 0 Å². The molecule has 0 aliphatic heterocycles. The number of esters is 1. The standard InChI is InChI=1S/C16H25NO4/c1-4-13(3)21-15-8-6-7-14(11-15)17-9-10-19-12-16(18)20-5-2/h6-8,11,13,17H,4-5,9-10,12H2,1-3H3. The number of ether oxygens (including phenoxy) is 3. The number of nitrogens with one attached hydrogen (secondary N) is 1. The summed E-state index contributed by atoms with van der Waals surface area (Å²) in [5, 5.41) is 3.22. The molecule has 0 amide bonds. The lowest BCUT2D eigenvalue weighted by atomic mass is 10.2. The van der Waals surface area contributed by atoms with Gasteiger partial charge in [-0.3, -0.25) is 0 Å². The fraction of sp³-hybridized carbons (Fsp3) is 0.562. The second kappa shape index (κ2) is 10.0. The molecule has 0 radical (unpaired) electrons. The van der Waals surface area contributed by atoms with Crippen molar-refractivity contribution < 1.29 is 19.0 Å². The third-order valence-electron chi connectivity index (χ3n) is 2.85. The first-order chi connectivity index (χ1) is 10.2. The summed E-state index contributed by atoms with van der Waals surface area (Å²) >= 11 is 0. The van der Waals surface area contributed by atoms with Gasteiger partial charge in [0.2, 0.25) is 0 Å². The van der Waals surface area contributed by atoms with Crippen LogP contribution in [0, 0.1) is 0 Å². The van der Waals surface area contributed by atoms with E-state index in [1.807, 2.05) is 31.2 Å². The Balaban J connectivity index is 2.26. The number of carbonyl (C=O) groups excluding carboxylic acids is 1. The number of hydrogen-bond donors (Lipinski definition) is 1. The Kier molecular flexibility index (Phi) is 8.28. The molecule has 1 atom stereocenters. The van der Waals surface area contributed by atoms with Gasteiger partial charge in [-0.05, 0) is 32.4 Å². The van der Waals surface area contributed by atoms with E-state index in [1.165, 1.54) is 0 Å². The molecule has 5 heteroatoms. The second-order valence-corrected chi connectivity index (χ2v) is 4.65. The zero-order valence-electron chi connectivity index (χ0n) is 13.1. The van der Waals surface area contributed by atoms with Gasteiger partial charge in [-0.25, -0.2) is 4.79 Å². The molecule has 0 aliphatic carbocycles. The van der Waals surface area contributed by atoms with E-state index in [-0.39, 0.29) is 18.7 Å². The van der Waals surface area contributed by atoms with Crippen molar-refractivity contribution in [2.45, 2.75) is 33.3 Å². The molecule has 0 bridgehead atoms. The van der Waals surface area contributed by atoms with Crippen LogP contribution in [0.5, 0.6) is 5.75 Å². The minimum absolute atomic E-state index is 0.00726. The quantitative estimate of drug-likeness (QED) is 0.531. The number of anilines is 1.